The molecule has 3 N–H and O–H groups in total. The molecule has 0 bridgehead atoms. The van der Waals surface area contributed by atoms with E-state index in [0.29, 0.717) is 25.9 Å². The van der Waals surface area contributed by atoms with Gasteiger partial charge in [0.1, 0.15) is 5.82 Å². The Morgan fingerprint density at radius 1 is 1.50 bits per heavy atom. The summed E-state index contributed by atoms with van der Waals surface area (Å²) >= 11 is 0. The largest absolute Gasteiger partial charge is 0.481 e. The van der Waals surface area contributed by atoms with Gasteiger partial charge in [-0.2, -0.15) is 0 Å². The fourth-order valence-corrected chi connectivity index (χ4v) is 1.82. The summed E-state index contributed by atoms with van der Waals surface area (Å²) in [6.07, 6.45) is 4.58. The van der Waals surface area contributed by atoms with Crippen molar-refractivity contribution in [2.24, 2.45) is 0 Å². The van der Waals surface area contributed by atoms with Crippen LogP contribution in [0.15, 0.2) is 12.4 Å². The van der Waals surface area contributed by atoms with Crippen LogP contribution >= 0.6 is 0 Å². The number of nitrogens with one attached hydrogen (secondary N) is 2. The first-order valence-corrected chi connectivity index (χ1v) is 6.75. The zero-order chi connectivity index (χ0) is 15.0. The summed E-state index contributed by atoms with van der Waals surface area (Å²) in [7, 11) is 0. The summed E-state index contributed by atoms with van der Waals surface area (Å²) in [6.45, 7) is 4.75. The molecule has 1 aromatic heterocycles. The number of aliphatic carboxylic acids is 1. The molecule has 0 saturated carbocycles. The van der Waals surface area contributed by atoms with Crippen LogP contribution in [-0.4, -0.2) is 51.1 Å². The number of imidazole rings is 1. The highest BCUT2D eigenvalue weighted by atomic mass is 16.4. The first-order valence-electron chi connectivity index (χ1n) is 6.75. The molecule has 7 nitrogen and oxygen atoms in total. The zero-order valence-corrected chi connectivity index (χ0v) is 11.9. The van der Waals surface area contributed by atoms with Gasteiger partial charge in [0.2, 0.25) is 0 Å². The number of nitrogens with zero attached hydrogens (tertiary/aromatic N) is 2. The summed E-state index contributed by atoms with van der Waals surface area (Å²) in [5, 5.41) is 11.4. The van der Waals surface area contributed by atoms with Gasteiger partial charge in [0.15, 0.2) is 0 Å². The number of carboxylic acids is 1. The van der Waals surface area contributed by atoms with Gasteiger partial charge in [0, 0.05) is 44.4 Å². The predicted octanol–water partition coefficient (Wildman–Crippen LogP) is 1.24. The quantitative estimate of drug-likeness (QED) is 0.668. The van der Waals surface area contributed by atoms with Crippen LogP contribution in [0.4, 0.5) is 4.79 Å². The molecule has 0 aliphatic heterocycles. The Bertz CT molecular complexity index is 417. The monoisotopic (exact) mass is 282 g/mol. The number of aromatic nitrogens is 2. The van der Waals surface area contributed by atoms with Crippen molar-refractivity contribution in [1.29, 1.82) is 0 Å². The van der Waals surface area contributed by atoms with Crippen LogP contribution < -0.4 is 5.32 Å². The van der Waals surface area contributed by atoms with Gasteiger partial charge < -0.3 is 20.3 Å². The number of amides is 2. The third kappa shape index (κ3) is 5.73. The lowest BCUT2D eigenvalue weighted by Crippen LogP contribution is -2.45. The molecule has 0 atom stereocenters. The highest BCUT2D eigenvalue weighted by Crippen LogP contribution is 2.02. The van der Waals surface area contributed by atoms with E-state index in [9.17, 15) is 9.59 Å². The van der Waals surface area contributed by atoms with Gasteiger partial charge in [-0.3, -0.25) is 4.79 Å². The lowest BCUT2D eigenvalue weighted by molar-refractivity contribution is -0.137. The van der Waals surface area contributed by atoms with Crippen LogP contribution in [0.1, 0.15) is 32.5 Å². The second-order valence-corrected chi connectivity index (χ2v) is 4.80. The Morgan fingerprint density at radius 2 is 2.25 bits per heavy atom. The Kier molecular flexibility index (Phi) is 6.55. The van der Waals surface area contributed by atoms with E-state index in [-0.39, 0.29) is 18.5 Å². The van der Waals surface area contributed by atoms with Gasteiger partial charge in [-0.25, -0.2) is 9.78 Å². The number of hydrogen-bond donors (Lipinski definition) is 3. The number of carbonyl (C=O) groups excluding carboxylic acids is 1. The molecule has 1 aromatic rings. The van der Waals surface area contributed by atoms with Gasteiger partial charge in [-0.15, -0.1) is 0 Å². The molecule has 7 heteroatoms. The molecule has 0 radical (unpaired) electrons. The lowest BCUT2D eigenvalue weighted by atomic mass is 10.2. The normalized spacial score (nSPS) is 10.6. The van der Waals surface area contributed by atoms with Gasteiger partial charge in [0.25, 0.3) is 0 Å². The maximum absolute atomic E-state index is 12.0. The minimum absolute atomic E-state index is 0.0346. The molecule has 0 aliphatic carbocycles. The van der Waals surface area contributed by atoms with Crippen LogP contribution in [0.3, 0.4) is 0 Å². The average Bonchev–Trinajstić information content (AvgIpc) is 2.86. The lowest BCUT2D eigenvalue weighted by Gasteiger charge is -2.26. The number of urea groups is 1. The molecule has 0 saturated heterocycles. The molecule has 0 aliphatic rings. The number of carbonyl (C=O) groups is 2. The molecule has 0 aromatic carbocycles. The molecule has 1 rings (SSSR count). The molecule has 0 spiro atoms. The summed E-state index contributed by atoms with van der Waals surface area (Å²) in [4.78, 5) is 31.2. The molecule has 0 unspecified atom stereocenters. The highest BCUT2D eigenvalue weighted by molar-refractivity contribution is 5.74. The molecular formula is C13H22N4O3. The van der Waals surface area contributed by atoms with Gasteiger partial charge in [-0.05, 0) is 20.3 Å². The van der Waals surface area contributed by atoms with Gasteiger partial charge in [0.05, 0.1) is 0 Å². The van der Waals surface area contributed by atoms with Crippen molar-refractivity contribution in [3.63, 3.8) is 0 Å². The Balaban J connectivity index is 2.33. The fraction of sp³-hybridized carbons (Fsp3) is 0.615. The van der Waals surface area contributed by atoms with Crippen LogP contribution in [0.5, 0.6) is 0 Å². The number of aromatic amines is 1. The van der Waals surface area contributed by atoms with E-state index >= 15 is 0 Å². The fourth-order valence-electron chi connectivity index (χ4n) is 1.82. The van der Waals surface area contributed by atoms with E-state index in [1.165, 1.54) is 0 Å². The van der Waals surface area contributed by atoms with Gasteiger partial charge in [-0.1, -0.05) is 0 Å². The van der Waals surface area contributed by atoms with Crippen LogP contribution in [0.25, 0.3) is 0 Å². The molecular weight excluding hydrogens is 260 g/mol. The predicted molar refractivity (Wildman–Crippen MR) is 74.4 cm³/mol. The van der Waals surface area contributed by atoms with Crippen molar-refractivity contribution < 1.29 is 14.7 Å². The third-order valence-electron chi connectivity index (χ3n) is 2.87. The molecule has 112 valence electrons. The maximum Gasteiger partial charge on any atom is 0.317 e. The number of carboxylic acid groups (broad SMARTS) is 1. The number of hydrogen-bond acceptors (Lipinski definition) is 3. The van der Waals surface area contributed by atoms with Crippen LogP contribution in [0.2, 0.25) is 0 Å². The van der Waals surface area contributed by atoms with Crippen molar-refractivity contribution in [3.8, 4) is 0 Å². The molecule has 0 fully saturated rings. The minimum atomic E-state index is -0.841. The smallest absolute Gasteiger partial charge is 0.317 e. The van der Waals surface area contributed by atoms with E-state index in [2.05, 4.69) is 15.3 Å². The Labute approximate surface area is 118 Å². The minimum Gasteiger partial charge on any atom is -0.481 e. The van der Waals surface area contributed by atoms with Crippen molar-refractivity contribution >= 4 is 12.0 Å². The highest BCUT2D eigenvalue weighted by Gasteiger charge is 2.16. The Morgan fingerprint density at radius 3 is 2.80 bits per heavy atom. The van der Waals surface area contributed by atoms with E-state index in [4.69, 9.17) is 5.11 Å². The van der Waals surface area contributed by atoms with Crippen molar-refractivity contribution in [2.75, 3.05) is 13.1 Å². The van der Waals surface area contributed by atoms with Gasteiger partial charge >= 0.3 is 12.0 Å². The second-order valence-electron chi connectivity index (χ2n) is 4.80. The van der Waals surface area contributed by atoms with Crippen molar-refractivity contribution in [3.05, 3.63) is 18.2 Å². The first-order chi connectivity index (χ1) is 9.50. The van der Waals surface area contributed by atoms with E-state index < -0.39 is 5.97 Å². The molecule has 2 amide bonds. The molecule has 1 heterocycles. The standard InChI is InChI=1S/C13H22N4O3/c1-10(2)17(9-3-4-12(18)19)13(20)16-6-5-11-14-7-8-15-11/h7-8,10H,3-6,9H2,1-2H3,(H,14,15)(H,16,20)(H,18,19). The van der Waals surface area contributed by atoms with Crippen LogP contribution in [-0.2, 0) is 11.2 Å². The third-order valence-corrected chi connectivity index (χ3v) is 2.87. The Hall–Kier alpha value is -2.05. The second kappa shape index (κ2) is 8.19. The van der Waals surface area contributed by atoms with E-state index in [1.54, 1.807) is 17.3 Å². The topological polar surface area (TPSA) is 98.3 Å². The summed E-state index contributed by atoms with van der Waals surface area (Å²) in [5.74, 6) is -0.0146. The summed E-state index contributed by atoms with van der Waals surface area (Å²) in [5.41, 5.74) is 0. The summed E-state index contributed by atoms with van der Waals surface area (Å²) < 4.78 is 0. The maximum atomic E-state index is 12.0. The van der Waals surface area contributed by atoms with E-state index in [1.807, 2.05) is 13.8 Å². The number of rotatable bonds is 8. The van der Waals surface area contributed by atoms with Crippen LogP contribution in [0, 0.1) is 0 Å². The first kappa shape index (κ1) is 16.0. The van der Waals surface area contributed by atoms with E-state index in [0.717, 1.165) is 5.82 Å². The van der Waals surface area contributed by atoms with Crippen molar-refractivity contribution in [1.82, 2.24) is 20.2 Å². The SMILES string of the molecule is CC(C)N(CCCC(=O)O)C(=O)NCCc1ncc[nH]1. The zero-order valence-electron chi connectivity index (χ0n) is 11.9. The molecule has 20 heavy (non-hydrogen) atoms. The average molecular weight is 282 g/mol. The van der Waals surface area contributed by atoms with Crippen molar-refractivity contribution in [2.45, 2.75) is 39.2 Å². The summed E-state index contributed by atoms with van der Waals surface area (Å²) in [6, 6.07) is -0.135. The number of H-pyrrole nitrogens is 1.